The molecule has 0 heterocycles. The van der Waals surface area contributed by atoms with Crippen molar-refractivity contribution in [1.29, 1.82) is 0 Å². The molecule has 3 rings (SSSR count). The van der Waals surface area contributed by atoms with E-state index in [1.54, 1.807) is 34.6 Å². The number of ether oxygens (including phenoxy) is 3. The second-order valence-corrected chi connectivity index (χ2v) is 15.7. The van der Waals surface area contributed by atoms with Crippen molar-refractivity contribution in [3.63, 3.8) is 0 Å². The largest absolute Gasteiger partial charge is 0.480 e. The van der Waals surface area contributed by atoms with E-state index in [9.17, 15) is 29.1 Å². The van der Waals surface area contributed by atoms with Gasteiger partial charge in [0.15, 0.2) is 6.10 Å². The summed E-state index contributed by atoms with van der Waals surface area (Å²) in [6.07, 6.45) is 4.24. The number of hydrogen-bond donors (Lipinski definition) is 3. The Morgan fingerprint density at radius 2 is 1.49 bits per heavy atom. The summed E-state index contributed by atoms with van der Waals surface area (Å²) in [5.74, 6) is -3.62. The van der Waals surface area contributed by atoms with Crippen LogP contribution in [0.25, 0.3) is 16.8 Å². The van der Waals surface area contributed by atoms with Crippen LogP contribution in [0, 0.1) is 17.3 Å². The lowest BCUT2D eigenvalue weighted by atomic mass is 9.93. The van der Waals surface area contributed by atoms with Gasteiger partial charge in [0.05, 0.1) is 5.41 Å². The quantitative estimate of drug-likeness (QED) is 0.0673. The van der Waals surface area contributed by atoms with E-state index < -0.39 is 59.2 Å². The van der Waals surface area contributed by atoms with Crippen molar-refractivity contribution in [2.45, 2.75) is 98.5 Å². The van der Waals surface area contributed by atoms with Crippen LogP contribution in [0.15, 0.2) is 91.0 Å². The number of carbonyl (C=O) groups is 5. The summed E-state index contributed by atoms with van der Waals surface area (Å²) in [6.45, 7) is 13.9. The van der Waals surface area contributed by atoms with E-state index in [1.807, 2.05) is 106 Å². The summed E-state index contributed by atoms with van der Waals surface area (Å²) in [7, 11) is 0. The van der Waals surface area contributed by atoms with Crippen molar-refractivity contribution in [2.75, 3.05) is 6.54 Å². The van der Waals surface area contributed by atoms with Crippen LogP contribution in [-0.2, 0) is 39.8 Å². The van der Waals surface area contributed by atoms with E-state index in [0.717, 1.165) is 21.9 Å². The first-order valence-electron chi connectivity index (χ1n) is 18.6. The van der Waals surface area contributed by atoms with Crippen LogP contribution in [0.3, 0.4) is 0 Å². The number of carboxylic acids is 1. The average molecular weight is 757 g/mol. The molecular formula is C44H56N2O9. The van der Waals surface area contributed by atoms with E-state index in [0.29, 0.717) is 0 Å². The maximum absolute atomic E-state index is 13.8. The highest BCUT2D eigenvalue weighted by Crippen LogP contribution is 2.24. The highest BCUT2D eigenvalue weighted by Gasteiger charge is 2.36. The van der Waals surface area contributed by atoms with Crippen molar-refractivity contribution in [3.05, 3.63) is 102 Å². The number of nitrogens with one attached hydrogen (secondary N) is 2. The minimum absolute atomic E-state index is 0.0400. The van der Waals surface area contributed by atoms with Gasteiger partial charge in [-0.05, 0) is 74.9 Å². The van der Waals surface area contributed by atoms with Gasteiger partial charge >= 0.3 is 24.0 Å². The second kappa shape index (κ2) is 20.3. The standard InChI is InChI=1S/C44H56N2O9/c1-29(2)26-37(54-41(51)44(7,8)28-45-42(52)55-43(4,5)6)40(50)53-36(30(3)24-25-31-16-10-9-11-17-31)22-15-23-38(47)46-35(39(48)49)27-33-20-14-19-32-18-12-13-21-34(32)33/h9-21,23-25,29-30,35-37H,22,26-28H2,1-8H3,(H,45,52)(H,46,47)(H,48,49)/b23-15+,25-24+/t30-,35-,36+,37+/m1/s1. The lowest BCUT2D eigenvalue weighted by molar-refractivity contribution is -0.178. The van der Waals surface area contributed by atoms with E-state index in [-0.39, 0.29) is 37.6 Å². The molecule has 0 aliphatic carbocycles. The fourth-order valence-corrected chi connectivity index (χ4v) is 5.55. The minimum atomic E-state index is -1.24. The Morgan fingerprint density at radius 1 is 0.836 bits per heavy atom. The van der Waals surface area contributed by atoms with Gasteiger partial charge in [0.1, 0.15) is 17.7 Å². The third-order valence-corrected chi connectivity index (χ3v) is 8.63. The molecule has 3 N–H and O–H groups in total. The van der Waals surface area contributed by atoms with E-state index in [2.05, 4.69) is 10.6 Å². The molecule has 0 fully saturated rings. The lowest BCUT2D eigenvalue weighted by Crippen LogP contribution is -2.44. The van der Waals surface area contributed by atoms with Gasteiger partial charge in [-0.15, -0.1) is 0 Å². The number of carbonyl (C=O) groups excluding carboxylic acids is 4. The molecule has 296 valence electrons. The van der Waals surface area contributed by atoms with Gasteiger partial charge in [-0.1, -0.05) is 112 Å². The van der Waals surface area contributed by atoms with E-state index in [4.69, 9.17) is 14.2 Å². The van der Waals surface area contributed by atoms with Crippen LogP contribution in [0.5, 0.6) is 0 Å². The Hall–Kier alpha value is -5.45. The molecule has 0 saturated heterocycles. The molecule has 55 heavy (non-hydrogen) atoms. The van der Waals surface area contributed by atoms with Crippen molar-refractivity contribution >= 4 is 46.8 Å². The molecule has 0 radical (unpaired) electrons. The van der Waals surface area contributed by atoms with E-state index in [1.165, 1.54) is 12.2 Å². The van der Waals surface area contributed by atoms with E-state index >= 15 is 0 Å². The molecule has 2 amide bonds. The van der Waals surface area contributed by atoms with Crippen LogP contribution in [0.4, 0.5) is 4.79 Å². The van der Waals surface area contributed by atoms with Crippen LogP contribution >= 0.6 is 0 Å². The average Bonchev–Trinajstić information content (AvgIpc) is 3.11. The highest BCUT2D eigenvalue weighted by atomic mass is 16.6. The summed E-state index contributed by atoms with van der Waals surface area (Å²) in [5, 5.41) is 17.0. The third-order valence-electron chi connectivity index (χ3n) is 8.63. The van der Waals surface area contributed by atoms with Crippen molar-refractivity contribution in [2.24, 2.45) is 17.3 Å². The first-order valence-corrected chi connectivity index (χ1v) is 18.6. The van der Waals surface area contributed by atoms with Crippen LogP contribution in [-0.4, -0.2) is 65.4 Å². The molecular weight excluding hydrogens is 700 g/mol. The SMILES string of the molecule is CC(C)C[C@H](OC(=O)C(C)(C)CNC(=O)OC(C)(C)C)C(=O)O[C@@H](C/C=C/C(=O)N[C@H](Cc1cccc2ccccc12)C(=O)O)[C@H](C)/C=C/c1ccccc1. The smallest absolute Gasteiger partial charge is 0.407 e. The summed E-state index contributed by atoms with van der Waals surface area (Å²) in [4.78, 5) is 64.6. The van der Waals surface area contributed by atoms with Gasteiger partial charge in [-0.3, -0.25) is 9.59 Å². The van der Waals surface area contributed by atoms with Crippen molar-refractivity contribution < 1.29 is 43.3 Å². The van der Waals surface area contributed by atoms with Crippen molar-refractivity contribution in [1.82, 2.24) is 10.6 Å². The number of carboxylic acid groups (broad SMARTS) is 1. The Morgan fingerprint density at radius 3 is 2.15 bits per heavy atom. The van der Waals surface area contributed by atoms with Gasteiger partial charge in [0.25, 0.3) is 0 Å². The predicted molar refractivity (Wildman–Crippen MR) is 213 cm³/mol. The van der Waals surface area contributed by atoms with Crippen LogP contribution in [0.1, 0.15) is 79.4 Å². The van der Waals surface area contributed by atoms with Gasteiger partial charge in [-0.25, -0.2) is 14.4 Å². The first kappa shape index (κ1) is 44.0. The summed E-state index contributed by atoms with van der Waals surface area (Å²) in [5.41, 5.74) is -0.188. The summed E-state index contributed by atoms with van der Waals surface area (Å²) >= 11 is 0. The molecule has 0 aromatic heterocycles. The van der Waals surface area contributed by atoms with Gasteiger partial charge in [-0.2, -0.15) is 0 Å². The number of benzene rings is 3. The second-order valence-electron chi connectivity index (χ2n) is 15.7. The monoisotopic (exact) mass is 756 g/mol. The van der Waals surface area contributed by atoms with Gasteiger partial charge in [0.2, 0.25) is 5.91 Å². The highest BCUT2D eigenvalue weighted by molar-refractivity contribution is 5.92. The topological polar surface area (TPSA) is 157 Å². The molecule has 3 aromatic carbocycles. The Bertz CT molecular complexity index is 1820. The number of aliphatic carboxylic acids is 1. The molecule has 11 heteroatoms. The zero-order valence-electron chi connectivity index (χ0n) is 33.2. The Balaban J connectivity index is 1.76. The molecule has 0 unspecified atom stereocenters. The molecule has 0 spiro atoms. The first-order chi connectivity index (χ1) is 25.8. The number of esters is 2. The van der Waals surface area contributed by atoms with Crippen LogP contribution in [0.2, 0.25) is 0 Å². The maximum Gasteiger partial charge on any atom is 0.407 e. The number of fused-ring (bicyclic) bond motifs is 1. The summed E-state index contributed by atoms with van der Waals surface area (Å²) in [6, 6.07) is 21.7. The number of rotatable bonds is 18. The zero-order chi connectivity index (χ0) is 40.8. The fourth-order valence-electron chi connectivity index (χ4n) is 5.55. The van der Waals surface area contributed by atoms with Crippen LogP contribution < -0.4 is 10.6 Å². The number of hydrogen-bond acceptors (Lipinski definition) is 8. The molecule has 0 bridgehead atoms. The zero-order valence-corrected chi connectivity index (χ0v) is 33.2. The predicted octanol–water partition coefficient (Wildman–Crippen LogP) is 7.67. The van der Waals surface area contributed by atoms with Gasteiger partial charge < -0.3 is 30.0 Å². The molecule has 0 aliphatic heterocycles. The number of alkyl carbamates (subject to hydrolysis) is 1. The van der Waals surface area contributed by atoms with Gasteiger partial charge in [0, 0.05) is 25.3 Å². The maximum atomic E-state index is 13.8. The molecule has 11 nitrogen and oxygen atoms in total. The summed E-state index contributed by atoms with van der Waals surface area (Å²) < 4.78 is 17.0. The number of amides is 2. The normalized spacial score (nSPS) is 14.3. The Kier molecular flexibility index (Phi) is 16.2. The fraction of sp³-hybridized carbons (Fsp3) is 0.432. The third kappa shape index (κ3) is 15.1. The Labute approximate surface area is 324 Å². The molecule has 3 aromatic rings. The molecule has 0 aliphatic rings. The molecule has 0 saturated carbocycles. The molecule has 4 atom stereocenters. The van der Waals surface area contributed by atoms with Crippen molar-refractivity contribution in [3.8, 4) is 0 Å². The lowest BCUT2D eigenvalue weighted by Gasteiger charge is -2.29. The minimum Gasteiger partial charge on any atom is -0.480 e.